The highest BCUT2D eigenvalue weighted by atomic mass is 16.6. The van der Waals surface area contributed by atoms with Crippen molar-refractivity contribution in [2.45, 2.75) is 419 Å². The van der Waals surface area contributed by atoms with Crippen LogP contribution in [-0.4, -0.2) is 37.2 Å². The minimum Gasteiger partial charge on any atom is -0.462 e. The van der Waals surface area contributed by atoms with E-state index in [0.29, 0.717) is 19.3 Å². The molecule has 78 heavy (non-hydrogen) atoms. The summed E-state index contributed by atoms with van der Waals surface area (Å²) in [5.74, 6) is -0.847. The standard InChI is InChI=1S/C72H138O6/c1-4-7-10-13-15-17-19-21-23-25-27-29-30-31-32-33-34-35-36-37-38-39-40-41-42-43-45-46-48-50-52-54-56-59-62-65-71(74)77-68-69(67-76-70(73)64-61-58-12-9-6-3)78-72(75)66-63-60-57-55-53-51-49-47-44-28-26-24-22-20-18-16-14-11-8-5-2/h25,27,69H,4-24,26,28-68H2,1-3H3/b27-25-. The van der Waals surface area contributed by atoms with Crippen molar-refractivity contribution in [1.82, 2.24) is 0 Å². The Morgan fingerprint density at radius 1 is 0.244 bits per heavy atom. The van der Waals surface area contributed by atoms with Crippen LogP contribution in [0.15, 0.2) is 12.2 Å². The van der Waals surface area contributed by atoms with Crippen LogP contribution >= 0.6 is 0 Å². The van der Waals surface area contributed by atoms with E-state index in [1.54, 1.807) is 0 Å². The molecule has 0 spiro atoms. The molecular weight excluding hydrogens is 961 g/mol. The third-order valence-electron chi connectivity index (χ3n) is 16.5. The van der Waals surface area contributed by atoms with Crippen LogP contribution in [-0.2, 0) is 28.6 Å². The summed E-state index contributed by atoms with van der Waals surface area (Å²) >= 11 is 0. The summed E-state index contributed by atoms with van der Waals surface area (Å²) < 4.78 is 16.8. The van der Waals surface area contributed by atoms with Gasteiger partial charge < -0.3 is 14.2 Å². The van der Waals surface area contributed by atoms with Crippen LogP contribution in [0.2, 0.25) is 0 Å². The minimum atomic E-state index is -0.762. The molecule has 0 fully saturated rings. The summed E-state index contributed by atoms with van der Waals surface area (Å²) in [6, 6.07) is 0. The second-order valence-corrected chi connectivity index (χ2v) is 24.5. The smallest absolute Gasteiger partial charge is 0.306 e. The lowest BCUT2D eigenvalue weighted by molar-refractivity contribution is -0.167. The third kappa shape index (κ3) is 65.0. The maximum absolute atomic E-state index is 12.8. The van der Waals surface area contributed by atoms with Crippen molar-refractivity contribution in [3.05, 3.63) is 12.2 Å². The van der Waals surface area contributed by atoms with E-state index in [2.05, 4.69) is 32.9 Å². The molecule has 0 saturated heterocycles. The summed E-state index contributed by atoms with van der Waals surface area (Å²) in [5, 5.41) is 0. The summed E-state index contributed by atoms with van der Waals surface area (Å²) in [6.45, 7) is 6.64. The first-order valence-corrected chi connectivity index (χ1v) is 35.7. The molecule has 0 rings (SSSR count). The SMILES string of the molecule is CCCCCCCCCC/C=C\CCCCCCCCCCCCCCCCCCCCCCCCCC(=O)OCC(COC(=O)CCCCCCC)OC(=O)CCCCCCCCCCCCCCCCCCCCCC. The zero-order valence-electron chi connectivity index (χ0n) is 53.2. The second-order valence-electron chi connectivity index (χ2n) is 24.5. The molecule has 0 saturated carbocycles. The van der Waals surface area contributed by atoms with E-state index in [9.17, 15) is 14.4 Å². The fraction of sp³-hybridized carbons (Fsp3) is 0.931. The van der Waals surface area contributed by atoms with Crippen molar-refractivity contribution in [2.75, 3.05) is 13.2 Å². The Labute approximate surface area is 488 Å². The fourth-order valence-electron chi connectivity index (χ4n) is 11.2. The lowest BCUT2D eigenvalue weighted by Gasteiger charge is -2.18. The number of carbonyl (C=O) groups is 3. The van der Waals surface area contributed by atoms with Crippen LogP contribution in [0.1, 0.15) is 412 Å². The number of esters is 3. The van der Waals surface area contributed by atoms with Gasteiger partial charge in [0.25, 0.3) is 0 Å². The quantitative estimate of drug-likeness (QED) is 0.0261. The van der Waals surface area contributed by atoms with Gasteiger partial charge in [0.2, 0.25) is 0 Å². The molecule has 1 atom stereocenters. The van der Waals surface area contributed by atoms with Crippen molar-refractivity contribution in [2.24, 2.45) is 0 Å². The first kappa shape index (κ1) is 76.1. The number of rotatable bonds is 67. The Kier molecular flexibility index (Phi) is 66.0. The van der Waals surface area contributed by atoms with Crippen molar-refractivity contribution in [1.29, 1.82) is 0 Å². The van der Waals surface area contributed by atoms with Gasteiger partial charge in [-0.1, -0.05) is 360 Å². The summed E-state index contributed by atoms with van der Waals surface area (Å²) in [6.07, 6.45) is 81.8. The van der Waals surface area contributed by atoms with E-state index >= 15 is 0 Å². The Morgan fingerprint density at radius 3 is 0.641 bits per heavy atom. The van der Waals surface area contributed by atoms with E-state index < -0.39 is 6.10 Å². The van der Waals surface area contributed by atoms with Gasteiger partial charge in [0.15, 0.2) is 6.10 Å². The minimum absolute atomic E-state index is 0.0634. The molecule has 0 aliphatic carbocycles. The fourth-order valence-corrected chi connectivity index (χ4v) is 11.2. The topological polar surface area (TPSA) is 78.9 Å². The third-order valence-corrected chi connectivity index (χ3v) is 16.5. The first-order chi connectivity index (χ1) is 38.5. The largest absolute Gasteiger partial charge is 0.462 e. The number of allylic oxidation sites excluding steroid dienone is 2. The number of hydrogen-bond acceptors (Lipinski definition) is 6. The number of ether oxygens (including phenoxy) is 3. The molecule has 0 aliphatic heterocycles. The monoisotopic (exact) mass is 1100 g/mol. The molecule has 0 N–H and O–H groups in total. The number of hydrogen-bond donors (Lipinski definition) is 0. The van der Waals surface area contributed by atoms with Crippen LogP contribution in [0.3, 0.4) is 0 Å². The maximum atomic E-state index is 12.8. The van der Waals surface area contributed by atoms with Gasteiger partial charge in [0, 0.05) is 19.3 Å². The van der Waals surface area contributed by atoms with Crippen LogP contribution in [0, 0.1) is 0 Å². The molecule has 0 bridgehead atoms. The molecule has 0 radical (unpaired) electrons. The van der Waals surface area contributed by atoms with E-state index in [0.717, 1.165) is 64.2 Å². The molecule has 0 amide bonds. The van der Waals surface area contributed by atoms with Gasteiger partial charge >= 0.3 is 17.9 Å². The summed E-state index contributed by atoms with van der Waals surface area (Å²) in [7, 11) is 0. The first-order valence-electron chi connectivity index (χ1n) is 35.7. The predicted molar refractivity (Wildman–Crippen MR) is 340 cm³/mol. The van der Waals surface area contributed by atoms with Crippen molar-refractivity contribution in [3.8, 4) is 0 Å². The summed E-state index contributed by atoms with van der Waals surface area (Å²) in [4.78, 5) is 38.0. The second kappa shape index (κ2) is 67.7. The number of carbonyl (C=O) groups excluding carboxylic acids is 3. The zero-order chi connectivity index (χ0) is 56.4. The van der Waals surface area contributed by atoms with Gasteiger partial charge in [-0.3, -0.25) is 14.4 Å². The molecular formula is C72H138O6. The van der Waals surface area contributed by atoms with Gasteiger partial charge in [-0.15, -0.1) is 0 Å². The molecule has 0 aromatic rings. The van der Waals surface area contributed by atoms with Crippen LogP contribution in [0.4, 0.5) is 0 Å². The molecule has 0 heterocycles. The Hall–Kier alpha value is -1.85. The van der Waals surface area contributed by atoms with E-state index in [-0.39, 0.29) is 31.1 Å². The molecule has 0 aromatic carbocycles. The molecule has 462 valence electrons. The average molecular weight is 1100 g/mol. The maximum Gasteiger partial charge on any atom is 0.306 e. The van der Waals surface area contributed by atoms with E-state index in [1.807, 2.05) is 0 Å². The van der Waals surface area contributed by atoms with Gasteiger partial charge in [0.05, 0.1) is 0 Å². The zero-order valence-corrected chi connectivity index (χ0v) is 53.2. The van der Waals surface area contributed by atoms with E-state index in [4.69, 9.17) is 14.2 Å². The molecule has 0 aromatic heterocycles. The normalized spacial score (nSPS) is 12.0. The van der Waals surface area contributed by atoms with Gasteiger partial charge in [-0.2, -0.15) is 0 Å². The summed E-state index contributed by atoms with van der Waals surface area (Å²) in [5.41, 5.74) is 0. The van der Waals surface area contributed by atoms with Crippen LogP contribution < -0.4 is 0 Å². The average Bonchev–Trinajstić information content (AvgIpc) is 3.44. The predicted octanol–water partition coefficient (Wildman–Crippen LogP) is 24.4. The Bertz CT molecular complexity index is 1210. The molecule has 0 aliphatic rings. The Balaban J connectivity index is 3.84. The van der Waals surface area contributed by atoms with Gasteiger partial charge in [-0.25, -0.2) is 0 Å². The van der Waals surface area contributed by atoms with Crippen molar-refractivity contribution < 1.29 is 28.6 Å². The van der Waals surface area contributed by atoms with Crippen molar-refractivity contribution in [3.63, 3.8) is 0 Å². The number of unbranched alkanes of at least 4 members (excludes halogenated alkanes) is 54. The highest BCUT2D eigenvalue weighted by Gasteiger charge is 2.19. The molecule has 1 unspecified atom stereocenters. The highest BCUT2D eigenvalue weighted by Crippen LogP contribution is 2.19. The van der Waals surface area contributed by atoms with Crippen molar-refractivity contribution >= 4 is 17.9 Å². The van der Waals surface area contributed by atoms with Gasteiger partial charge in [0.1, 0.15) is 13.2 Å². The van der Waals surface area contributed by atoms with E-state index in [1.165, 1.54) is 308 Å². The van der Waals surface area contributed by atoms with Crippen LogP contribution in [0.25, 0.3) is 0 Å². The van der Waals surface area contributed by atoms with Crippen LogP contribution in [0.5, 0.6) is 0 Å². The lowest BCUT2D eigenvalue weighted by atomic mass is 10.0. The van der Waals surface area contributed by atoms with Gasteiger partial charge in [-0.05, 0) is 44.9 Å². The highest BCUT2D eigenvalue weighted by molar-refractivity contribution is 5.71. The molecule has 6 heteroatoms. The Morgan fingerprint density at radius 2 is 0.423 bits per heavy atom. The molecule has 6 nitrogen and oxygen atoms in total. The lowest BCUT2D eigenvalue weighted by Crippen LogP contribution is -2.30.